The minimum Gasteiger partial charge on any atom is -0.367 e. The van der Waals surface area contributed by atoms with Crippen molar-refractivity contribution in [2.45, 2.75) is 90.5 Å². The molecule has 2 rings (SSSR count). The van der Waals surface area contributed by atoms with E-state index in [1.54, 1.807) is 4.57 Å². The molecular formula is C27H45N6O5P. The number of aromatic nitrogens is 4. The van der Waals surface area contributed by atoms with Crippen LogP contribution in [0, 0.1) is 0 Å². The highest BCUT2D eigenvalue weighted by molar-refractivity contribution is 7.51. The second kappa shape index (κ2) is 19.5. The summed E-state index contributed by atoms with van der Waals surface area (Å²) in [6, 6.07) is -0.350. The number of ether oxygens (including phenoxy) is 1. The first kappa shape index (κ1) is 32.6. The maximum Gasteiger partial charge on any atom is 0.350 e. The van der Waals surface area contributed by atoms with Gasteiger partial charge >= 0.3 is 13.6 Å². The molecule has 4 N–H and O–H groups in total. The molecule has 0 spiro atoms. The molecule has 0 saturated heterocycles. The third-order valence-corrected chi connectivity index (χ3v) is 6.55. The van der Waals surface area contributed by atoms with Gasteiger partial charge in [0.1, 0.15) is 12.7 Å². The highest BCUT2D eigenvalue weighted by Crippen LogP contribution is 2.33. The molecule has 2 amide bonds. The van der Waals surface area contributed by atoms with Crippen molar-refractivity contribution in [1.82, 2.24) is 24.8 Å². The van der Waals surface area contributed by atoms with Crippen LogP contribution in [0.2, 0.25) is 0 Å². The Hall–Kier alpha value is -2.59. The molecule has 0 fully saturated rings. The van der Waals surface area contributed by atoms with Gasteiger partial charge in [0.2, 0.25) is 0 Å². The summed E-state index contributed by atoms with van der Waals surface area (Å²) in [5, 5.41) is 5.57. The summed E-state index contributed by atoms with van der Waals surface area (Å²) in [5.41, 5.74) is 0.918. The fraction of sp³-hybridized carbons (Fsp3) is 0.630. The first-order valence-corrected chi connectivity index (χ1v) is 15.8. The Bertz CT molecular complexity index is 1070. The second-order valence-corrected chi connectivity index (χ2v) is 11.1. The highest BCUT2D eigenvalue weighted by Gasteiger charge is 2.14. The molecule has 39 heavy (non-hydrogen) atoms. The van der Waals surface area contributed by atoms with Gasteiger partial charge in [-0.05, 0) is 38.5 Å². The molecular weight excluding hydrogens is 519 g/mol. The molecule has 0 atom stereocenters. The Kier molecular flexibility index (Phi) is 16.3. The molecule has 2 aromatic rings. The molecule has 0 saturated carbocycles. The molecule has 0 aliphatic heterocycles. The van der Waals surface area contributed by atoms with Crippen molar-refractivity contribution in [2.24, 2.45) is 0 Å². The maximum absolute atomic E-state index is 12.3. The van der Waals surface area contributed by atoms with Crippen molar-refractivity contribution in [3.8, 4) is 0 Å². The number of hydrogen-bond acceptors (Lipinski definition) is 6. The normalized spacial score (nSPS) is 12.2. The van der Waals surface area contributed by atoms with Gasteiger partial charge in [0.25, 0.3) is 0 Å². The first-order chi connectivity index (χ1) is 18.9. The average Bonchev–Trinajstić information content (AvgIpc) is 3.32. The van der Waals surface area contributed by atoms with Gasteiger partial charge in [-0.15, -0.1) is 0 Å². The highest BCUT2D eigenvalue weighted by atomic mass is 31.2. The number of amides is 2. The van der Waals surface area contributed by atoms with E-state index in [4.69, 9.17) is 14.5 Å². The zero-order valence-corrected chi connectivity index (χ0v) is 24.0. The van der Waals surface area contributed by atoms with Crippen LogP contribution in [0.15, 0.2) is 37.0 Å². The Morgan fingerprint density at radius 1 is 0.974 bits per heavy atom. The number of hydrogen-bond donors (Lipinski definition) is 4. The predicted molar refractivity (Wildman–Crippen MR) is 155 cm³/mol. The number of anilines is 1. The molecule has 2 heterocycles. The molecule has 0 radical (unpaired) electrons. The summed E-state index contributed by atoms with van der Waals surface area (Å²) in [4.78, 5) is 42.6. The van der Waals surface area contributed by atoms with Gasteiger partial charge in [-0.3, -0.25) is 9.88 Å². The van der Waals surface area contributed by atoms with Gasteiger partial charge < -0.3 is 24.4 Å². The number of imidazole rings is 1. The van der Waals surface area contributed by atoms with Crippen LogP contribution in [-0.2, 0) is 15.8 Å². The molecule has 0 aromatic carbocycles. The fourth-order valence-corrected chi connectivity index (χ4v) is 4.32. The van der Waals surface area contributed by atoms with Crippen molar-refractivity contribution in [3.05, 3.63) is 37.0 Å². The number of carbonyl (C=O) groups excluding carboxylic acids is 1. The van der Waals surface area contributed by atoms with Crippen LogP contribution in [-0.4, -0.2) is 54.8 Å². The number of nitrogens with zero attached hydrogens (tertiary/aromatic N) is 4. The van der Waals surface area contributed by atoms with Gasteiger partial charge in [-0.25, -0.2) is 19.7 Å². The standard InChI is InChI=1S/C27H45N6O5P/c1-2-3-4-5-6-7-8-9-10-11-12-13-14-15-16-17-18-28-27(34)32-25-24-26(30-21-29-25)33(22-31-24)19-20-38-23-39(35,36)37/h6-7,9-10,21-22H,2-5,8,11-20,23H2,1H3,(H2,35,36,37)(H2,28,29,30,32,34)/b7-6-,10-9-. The van der Waals surface area contributed by atoms with E-state index in [-0.39, 0.29) is 12.6 Å². The molecule has 0 unspecified atom stereocenters. The lowest BCUT2D eigenvalue weighted by Gasteiger charge is -2.08. The molecule has 0 aliphatic carbocycles. The Balaban J connectivity index is 1.53. The number of unbranched alkanes of at least 4 members (excludes halogenated alkanes) is 9. The SMILES string of the molecule is CCCCC/C=C\C/C=C\CCCCCCCCNC(=O)Nc1ncnc2c1ncn2CCOCP(=O)(O)O. The van der Waals surface area contributed by atoms with Crippen LogP contribution < -0.4 is 10.6 Å². The van der Waals surface area contributed by atoms with Crippen molar-refractivity contribution in [3.63, 3.8) is 0 Å². The van der Waals surface area contributed by atoms with Crippen LogP contribution in [0.5, 0.6) is 0 Å². The number of urea groups is 1. The van der Waals surface area contributed by atoms with E-state index in [0.29, 0.717) is 30.1 Å². The summed E-state index contributed by atoms with van der Waals surface area (Å²) >= 11 is 0. The maximum atomic E-state index is 12.3. The Morgan fingerprint density at radius 3 is 2.38 bits per heavy atom. The van der Waals surface area contributed by atoms with Crippen LogP contribution >= 0.6 is 7.60 Å². The largest absolute Gasteiger partial charge is 0.367 e. The van der Waals surface area contributed by atoms with E-state index in [9.17, 15) is 9.36 Å². The summed E-state index contributed by atoms with van der Waals surface area (Å²) in [6.45, 7) is 3.19. The minimum atomic E-state index is -4.20. The lowest BCUT2D eigenvalue weighted by molar-refractivity contribution is 0.149. The summed E-state index contributed by atoms with van der Waals surface area (Å²) in [5.74, 6) is 0.296. The number of rotatable bonds is 21. The van der Waals surface area contributed by atoms with Crippen molar-refractivity contribution >= 4 is 30.6 Å². The van der Waals surface area contributed by atoms with Crippen molar-refractivity contribution in [2.75, 3.05) is 24.8 Å². The number of fused-ring (bicyclic) bond motifs is 1. The van der Waals surface area contributed by atoms with Crippen molar-refractivity contribution < 1.29 is 23.9 Å². The van der Waals surface area contributed by atoms with Gasteiger partial charge in [-0.2, -0.15) is 0 Å². The minimum absolute atomic E-state index is 0.0813. The zero-order valence-electron chi connectivity index (χ0n) is 23.1. The van der Waals surface area contributed by atoms with E-state index in [0.717, 1.165) is 32.1 Å². The van der Waals surface area contributed by atoms with E-state index in [1.165, 1.54) is 57.6 Å². The molecule has 2 aromatic heterocycles. The van der Waals surface area contributed by atoms with E-state index in [1.807, 2.05) is 0 Å². The molecule has 12 heteroatoms. The van der Waals surface area contributed by atoms with E-state index < -0.39 is 13.9 Å². The Morgan fingerprint density at radius 2 is 1.67 bits per heavy atom. The topological polar surface area (TPSA) is 151 Å². The van der Waals surface area contributed by atoms with Crippen LogP contribution in [0.1, 0.15) is 84.0 Å². The van der Waals surface area contributed by atoms with Gasteiger partial charge in [-0.1, -0.05) is 69.8 Å². The lowest BCUT2D eigenvalue weighted by Crippen LogP contribution is -2.30. The fourth-order valence-electron chi connectivity index (χ4n) is 3.95. The average molecular weight is 565 g/mol. The second-order valence-electron chi connectivity index (χ2n) is 9.50. The molecule has 0 bridgehead atoms. The van der Waals surface area contributed by atoms with E-state index >= 15 is 0 Å². The first-order valence-electron chi connectivity index (χ1n) is 14.0. The summed E-state index contributed by atoms with van der Waals surface area (Å²) < 4.78 is 17.5. The molecule has 218 valence electrons. The smallest absolute Gasteiger partial charge is 0.350 e. The monoisotopic (exact) mass is 564 g/mol. The lowest BCUT2D eigenvalue weighted by atomic mass is 10.1. The molecule has 0 aliphatic rings. The van der Waals surface area contributed by atoms with Gasteiger partial charge in [0, 0.05) is 13.1 Å². The molecule has 11 nitrogen and oxygen atoms in total. The van der Waals surface area contributed by atoms with Crippen molar-refractivity contribution in [1.29, 1.82) is 0 Å². The van der Waals surface area contributed by atoms with E-state index in [2.05, 4.69) is 56.8 Å². The number of allylic oxidation sites excluding steroid dienone is 4. The van der Waals surface area contributed by atoms with Crippen LogP contribution in [0.25, 0.3) is 11.2 Å². The summed E-state index contributed by atoms with van der Waals surface area (Å²) in [6.07, 6.45) is 25.4. The quantitative estimate of drug-likeness (QED) is 0.0829. The number of carbonyl (C=O) groups is 1. The Labute approximate surface area is 231 Å². The number of nitrogens with one attached hydrogen (secondary N) is 2. The van der Waals surface area contributed by atoms with Crippen LogP contribution in [0.3, 0.4) is 0 Å². The third kappa shape index (κ3) is 15.0. The van der Waals surface area contributed by atoms with Crippen LogP contribution in [0.4, 0.5) is 10.6 Å². The van der Waals surface area contributed by atoms with Gasteiger partial charge in [0.15, 0.2) is 17.0 Å². The summed E-state index contributed by atoms with van der Waals surface area (Å²) in [7, 11) is -4.20. The predicted octanol–water partition coefficient (Wildman–Crippen LogP) is 5.91. The third-order valence-electron chi connectivity index (χ3n) is 6.03. The van der Waals surface area contributed by atoms with Gasteiger partial charge in [0.05, 0.1) is 12.9 Å². The zero-order chi connectivity index (χ0) is 28.2.